The lowest BCUT2D eigenvalue weighted by atomic mass is 10.0. The molecule has 0 saturated carbocycles. The Morgan fingerprint density at radius 1 is 1.16 bits per heavy atom. The van der Waals surface area contributed by atoms with Crippen molar-refractivity contribution in [3.05, 3.63) is 76.0 Å². The molecule has 1 N–H and O–H groups in total. The number of hydrogen-bond donors (Lipinski definition) is 1. The normalized spacial score (nSPS) is 16.0. The van der Waals surface area contributed by atoms with Crippen molar-refractivity contribution < 1.29 is 4.74 Å². The molecule has 1 aliphatic heterocycles. The zero-order chi connectivity index (χ0) is 17.4. The van der Waals surface area contributed by atoms with Crippen LogP contribution in [0.5, 0.6) is 5.75 Å². The summed E-state index contributed by atoms with van der Waals surface area (Å²) in [5.74, 6) is 1.44. The molecule has 0 spiro atoms. The molecule has 0 bridgehead atoms. The van der Waals surface area contributed by atoms with Gasteiger partial charge in [0, 0.05) is 16.3 Å². The van der Waals surface area contributed by atoms with Crippen LogP contribution in [0.3, 0.4) is 0 Å². The van der Waals surface area contributed by atoms with Gasteiger partial charge in [0.25, 0.3) is 0 Å². The number of aromatic nitrogens is 3. The number of rotatable bonds is 3. The van der Waals surface area contributed by atoms with E-state index >= 15 is 0 Å². The summed E-state index contributed by atoms with van der Waals surface area (Å²) in [5.41, 5.74) is 2.75. The fourth-order valence-corrected chi connectivity index (χ4v) is 3.37. The van der Waals surface area contributed by atoms with E-state index in [9.17, 15) is 0 Å². The fourth-order valence-electron chi connectivity index (χ4n) is 2.86. The molecule has 7 heteroatoms. The number of nitrogens with one attached hydrogen (secondary N) is 1. The molecule has 0 unspecified atom stereocenters. The first kappa shape index (κ1) is 16.0. The molecule has 126 valence electrons. The number of ether oxygens (including phenoxy) is 1. The van der Waals surface area contributed by atoms with Crippen LogP contribution >= 0.6 is 23.2 Å². The van der Waals surface area contributed by atoms with Gasteiger partial charge in [0.15, 0.2) is 0 Å². The van der Waals surface area contributed by atoms with Crippen LogP contribution in [0.4, 0.5) is 5.95 Å². The van der Waals surface area contributed by atoms with Crippen LogP contribution in [0, 0.1) is 0 Å². The summed E-state index contributed by atoms with van der Waals surface area (Å²) in [6.45, 7) is 0. The van der Waals surface area contributed by atoms with Crippen molar-refractivity contribution in [1.82, 2.24) is 14.8 Å². The number of anilines is 1. The van der Waals surface area contributed by atoms with Crippen LogP contribution in [-0.4, -0.2) is 21.9 Å². The summed E-state index contributed by atoms with van der Waals surface area (Å²) < 4.78 is 7.16. The third-order valence-electron chi connectivity index (χ3n) is 4.06. The van der Waals surface area contributed by atoms with E-state index in [-0.39, 0.29) is 6.04 Å². The molecule has 3 aromatic rings. The molecule has 0 aliphatic carbocycles. The van der Waals surface area contributed by atoms with E-state index < -0.39 is 0 Å². The predicted molar refractivity (Wildman–Crippen MR) is 99.2 cm³/mol. The smallest absolute Gasteiger partial charge is 0.226 e. The third-order valence-corrected chi connectivity index (χ3v) is 4.61. The zero-order valence-electron chi connectivity index (χ0n) is 13.3. The first-order valence-corrected chi connectivity index (χ1v) is 8.39. The monoisotopic (exact) mass is 372 g/mol. The number of methoxy groups -OCH3 is 1. The van der Waals surface area contributed by atoms with Crippen LogP contribution in [-0.2, 0) is 0 Å². The zero-order valence-corrected chi connectivity index (χ0v) is 14.8. The Labute approximate surface area is 154 Å². The highest BCUT2D eigenvalue weighted by Crippen LogP contribution is 2.35. The minimum absolute atomic E-state index is 0.129. The largest absolute Gasteiger partial charge is 0.497 e. The Hall–Kier alpha value is -2.50. The number of hydrogen-bond acceptors (Lipinski definition) is 4. The van der Waals surface area contributed by atoms with Gasteiger partial charge in [-0.15, -0.1) is 0 Å². The Morgan fingerprint density at radius 3 is 2.84 bits per heavy atom. The molecule has 1 aliphatic rings. The molecule has 0 saturated heterocycles. The SMILES string of the molecule is COc1cccc([C@H]2C=C(c3ccc(Cl)cc3Cl)Nc3ncnn32)c1. The Kier molecular flexibility index (Phi) is 4.11. The van der Waals surface area contributed by atoms with Crippen molar-refractivity contribution in [2.45, 2.75) is 6.04 Å². The molecule has 4 rings (SSSR count). The molecule has 1 atom stereocenters. The fraction of sp³-hybridized carbons (Fsp3) is 0.111. The number of benzene rings is 2. The van der Waals surface area contributed by atoms with E-state index in [0.29, 0.717) is 16.0 Å². The van der Waals surface area contributed by atoms with Crippen molar-refractivity contribution >= 4 is 34.8 Å². The molecule has 0 radical (unpaired) electrons. The van der Waals surface area contributed by atoms with Gasteiger partial charge < -0.3 is 10.1 Å². The molecule has 25 heavy (non-hydrogen) atoms. The molecular formula is C18H14Cl2N4O. The van der Waals surface area contributed by atoms with Crippen LogP contribution in [0.15, 0.2) is 54.9 Å². The average molecular weight is 373 g/mol. The van der Waals surface area contributed by atoms with E-state index in [1.54, 1.807) is 13.2 Å². The summed E-state index contributed by atoms with van der Waals surface area (Å²) >= 11 is 12.4. The first-order valence-electron chi connectivity index (χ1n) is 7.63. The summed E-state index contributed by atoms with van der Waals surface area (Å²) in [4.78, 5) is 4.30. The highest BCUT2D eigenvalue weighted by Gasteiger charge is 2.24. The third kappa shape index (κ3) is 2.97. The summed E-state index contributed by atoms with van der Waals surface area (Å²) in [6.07, 6.45) is 3.58. The van der Waals surface area contributed by atoms with Crippen molar-refractivity contribution in [2.24, 2.45) is 0 Å². The van der Waals surface area contributed by atoms with E-state index in [4.69, 9.17) is 27.9 Å². The van der Waals surface area contributed by atoms with Gasteiger partial charge in [-0.3, -0.25) is 0 Å². The van der Waals surface area contributed by atoms with Crippen molar-refractivity contribution in [1.29, 1.82) is 0 Å². The lowest BCUT2D eigenvalue weighted by Gasteiger charge is -2.25. The second kappa shape index (κ2) is 6.43. The van der Waals surface area contributed by atoms with Gasteiger partial charge >= 0.3 is 0 Å². The van der Waals surface area contributed by atoms with Gasteiger partial charge in [0.1, 0.15) is 18.1 Å². The summed E-state index contributed by atoms with van der Waals surface area (Å²) in [7, 11) is 1.65. The molecule has 1 aromatic heterocycles. The Balaban J connectivity index is 1.83. The standard InChI is InChI=1S/C18H14Cl2N4O/c1-25-13-4-2-3-11(7-13)17-9-16(23-18-21-10-22-24(17)18)14-6-5-12(19)8-15(14)20/h2-10,17H,1H3,(H,21,22,23)/t17-/m1/s1. The number of halogens is 2. The second-order valence-electron chi connectivity index (χ2n) is 5.58. The molecule has 0 amide bonds. The Morgan fingerprint density at radius 2 is 2.04 bits per heavy atom. The quantitative estimate of drug-likeness (QED) is 0.726. The number of fused-ring (bicyclic) bond motifs is 1. The average Bonchev–Trinajstić information content (AvgIpc) is 3.09. The van der Waals surface area contributed by atoms with Gasteiger partial charge in [0.2, 0.25) is 5.95 Å². The Bertz CT molecular complexity index is 967. The van der Waals surface area contributed by atoms with Crippen molar-refractivity contribution in [2.75, 3.05) is 12.4 Å². The summed E-state index contributed by atoms with van der Waals surface area (Å²) in [5, 5.41) is 8.78. The van der Waals surface area contributed by atoms with Gasteiger partial charge in [-0.1, -0.05) is 35.3 Å². The van der Waals surface area contributed by atoms with Gasteiger partial charge in [-0.2, -0.15) is 10.1 Å². The minimum atomic E-state index is -0.129. The maximum atomic E-state index is 6.38. The molecule has 5 nitrogen and oxygen atoms in total. The minimum Gasteiger partial charge on any atom is -0.497 e. The molecule has 0 fully saturated rings. The summed E-state index contributed by atoms with van der Waals surface area (Å²) in [6, 6.07) is 13.2. The first-order chi connectivity index (χ1) is 12.2. The van der Waals surface area contributed by atoms with Crippen molar-refractivity contribution in [3.8, 4) is 5.75 Å². The molecule has 2 aromatic carbocycles. The lowest BCUT2D eigenvalue weighted by Crippen LogP contribution is -2.20. The second-order valence-corrected chi connectivity index (χ2v) is 6.42. The van der Waals surface area contributed by atoms with E-state index in [0.717, 1.165) is 22.6 Å². The van der Waals surface area contributed by atoms with Crippen LogP contribution in [0.1, 0.15) is 17.2 Å². The highest BCUT2D eigenvalue weighted by molar-refractivity contribution is 6.35. The maximum absolute atomic E-state index is 6.38. The van der Waals surface area contributed by atoms with E-state index in [1.165, 1.54) is 6.33 Å². The molecule has 2 heterocycles. The van der Waals surface area contributed by atoms with Crippen LogP contribution in [0.25, 0.3) is 5.70 Å². The topological polar surface area (TPSA) is 52.0 Å². The van der Waals surface area contributed by atoms with Crippen molar-refractivity contribution in [3.63, 3.8) is 0 Å². The maximum Gasteiger partial charge on any atom is 0.226 e. The number of allylic oxidation sites excluding steroid dienone is 1. The van der Waals surface area contributed by atoms with E-state index in [1.807, 2.05) is 41.1 Å². The van der Waals surface area contributed by atoms with Gasteiger partial charge in [-0.25, -0.2) is 4.68 Å². The van der Waals surface area contributed by atoms with Crippen LogP contribution in [0.2, 0.25) is 10.0 Å². The van der Waals surface area contributed by atoms with Gasteiger partial charge in [-0.05, 0) is 42.0 Å². The lowest BCUT2D eigenvalue weighted by molar-refractivity contribution is 0.413. The van der Waals surface area contributed by atoms with Gasteiger partial charge in [0.05, 0.1) is 12.1 Å². The van der Waals surface area contributed by atoms with Crippen LogP contribution < -0.4 is 10.1 Å². The molecular weight excluding hydrogens is 359 g/mol. The highest BCUT2D eigenvalue weighted by atomic mass is 35.5. The van der Waals surface area contributed by atoms with E-state index in [2.05, 4.69) is 21.5 Å². The predicted octanol–water partition coefficient (Wildman–Crippen LogP) is 4.65. The number of nitrogens with zero attached hydrogens (tertiary/aromatic N) is 3.